The molecule has 1 rings (SSSR count). The summed E-state index contributed by atoms with van der Waals surface area (Å²) in [6.07, 6.45) is 0. The van der Waals surface area contributed by atoms with Gasteiger partial charge in [0.15, 0.2) is 0 Å². The Kier molecular flexibility index (Phi) is 5.27. The highest BCUT2D eigenvalue weighted by molar-refractivity contribution is 9.10. The van der Waals surface area contributed by atoms with E-state index < -0.39 is 17.8 Å². The zero-order valence-electron chi connectivity index (χ0n) is 10.1. The van der Waals surface area contributed by atoms with Crippen LogP contribution in [0.15, 0.2) is 22.7 Å². The summed E-state index contributed by atoms with van der Waals surface area (Å²) in [6.45, 7) is 3.80. The van der Waals surface area contributed by atoms with E-state index >= 15 is 0 Å². The van der Waals surface area contributed by atoms with Crippen molar-refractivity contribution in [2.45, 2.75) is 19.9 Å². The minimum Gasteiger partial charge on any atom is -0.355 e. The van der Waals surface area contributed by atoms with Crippen LogP contribution >= 0.6 is 15.9 Å². The summed E-state index contributed by atoms with van der Waals surface area (Å²) in [5.41, 5.74) is -0.0967. The van der Waals surface area contributed by atoms with Crippen LogP contribution in [-0.4, -0.2) is 24.4 Å². The number of carbonyl (C=O) groups excluding carboxylic acids is 2. The fourth-order valence-corrected chi connectivity index (χ4v) is 1.70. The molecule has 0 spiro atoms. The molecule has 0 bridgehead atoms. The second-order valence-corrected chi connectivity index (χ2v) is 4.63. The number of benzene rings is 1. The van der Waals surface area contributed by atoms with Crippen LogP contribution in [0, 0.1) is 5.82 Å². The van der Waals surface area contributed by atoms with Crippen molar-refractivity contribution in [3.8, 4) is 0 Å². The number of likely N-dealkylation sites (N-methyl/N-ethyl adjacent to an activating group) is 1. The minimum atomic E-state index is -0.712. The molecule has 2 amide bonds. The van der Waals surface area contributed by atoms with Crippen molar-refractivity contribution in [3.63, 3.8) is 0 Å². The Bertz CT molecular complexity index is 465. The van der Waals surface area contributed by atoms with Crippen LogP contribution in [0.4, 0.5) is 4.39 Å². The molecule has 1 aromatic carbocycles. The molecule has 0 radical (unpaired) electrons. The van der Waals surface area contributed by atoms with Crippen LogP contribution in [0.25, 0.3) is 0 Å². The summed E-state index contributed by atoms with van der Waals surface area (Å²) in [5.74, 6) is -1.55. The Morgan fingerprint density at radius 2 is 2.11 bits per heavy atom. The average molecular weight is 317 g/mol. The zero-order chi connectivity index (χ0) is 13.7. The molecule has 2 N–H and O–H groups in total. The average Bonchev–Trinajstić information content (AvgIpc) is 2.32. The molecule has 98 valence electrons. The van der Waals surface area contributed by atoms with Crippen LogP contribution in [0.5, 0.6) is 0 Å². The molecule has 0 aliphatic heterocycles. The molecule has 0 aliphatic rings. The van der Waals surface area contributed by atoms with Gasteiger partial charge in [0.1, 0.15) is 11.9 Å². The van der Waals surface area contributed by atoms with E-state index in [9.17, 15) is 14.0 Å². The maximum atomic E-state index is 13.4. The van der Waals surface area contributed by atoms with Crippen molar-refractivity contribution in [1.29, 1.82) is 0 Å². The fourth-order valence-electron chi connectivity index (χ4n) is 1.34. The largest absolute Gasteiger partial charge is 0.355 e. The standard InChI is InChI=1S/C12H14BrFN2O2/c1-3-15-11(17)7(2)16-12(18)9-6-8(13)4-5-10(9)14/h4-7H,3H2,1-2H3,(H,15,17)(H,16,18). The zero-order valence-corrected chi connectivity index (χ0v) is 11.7. The van der Waals surface area contributed by atoms with Gasteiger partial charge in [-0.2, -0.15) is 0 Å². The molecule has 4 nitrogen and oxygen atoms in total. The molecular weight excluding hydrogens is 303 g/mol. The molecule has 1 atom stereocenters. The highest BCUT2D eigenvalue weighted by atomic mass is 79.9. The molecule has 1 unspecified atom stereocenters. The molecule has 0 fully saturated rings. The number of hydrogen-bond acceptors (Lipinski definition) is 2. The lowest BCUT2D eigenvalue weighted by atomic mass is 10.2. The maximum absolute atomic E-state index is 13.4. The SMILES string of the molecule is CCNC(=O)C(C)NC(=O)c1cc(Br)ccc1F. The maximum Gasteiger partial charge on any atom is 0.254 e. The van der Waals surface area contributed by atoms with Crippen molar-refractivity contribution in [2.24, 2.45) is 0 Å². The summed E-state index contributed by atoms with van der Waals surface area (Å²) in [6, 6.07) is 3.35. The van der Waals surface area contributed by atoms with E-state index in [1.807, 2.05) is 0 Å². The Morgan fingerprint density at radius 1 is 1.44 bits per heavy atom. The summed E-state index contributed by atoms with van der Waals surface area (Å²) in [5, 5.41) is 5.01. The Balaban J connectivity index is 2.76. The molecule has 18 heavy (non-hydrogen) atoms. The number of rotatable bonds is 4. The molecule has 1 aromatic rings. The molecule has 0 heterocycles. The molecule has 0 saturated heterocycles. The third kappa shape index (κ3) is 3.80. The lowest BCUT2D eigenvalue weighted by Gasteiger charge is -2.13. The first kappa shape index (κ1) is 14.6. The highest BCUT2D eigenvalue weighted by Gasteiger charge is 2.18. The van der Waals surface area contributed by atoms with E-state index in [1.165, 1.54) is 18.2 Å². The Hall–Kier alpha value is -1.43. The molecule has 0 saturated carbocycles. The molecular formula is C12H14BrFN2O2. The van der Waals surface area contributed by atoms with E-state index in [2.05, 4.69) is 26.6 Å². The minimum absolute atomic E-state index is 0.0967. The Labute approximate surface area is 113 Å². The van der Waals surface area contributed by atoms with Gasteiger partial charge in [0, 0.05) is 11.0 Å². The van der Waals surface area contributed by atoms with Crippen LogP contribution in [0.2, 0.25) is 0 Å². The van der Waals surface area contributed by atoms with Gasteiger partial charge in [0.2, 0.25) is 5.91 Å². The highest BCUT2D eigenvalue weighted by Crippen LogP contribution is 2.15. The Morgan fingerprint density at radius 3 is 2.72 bits per heavy atom. The first-order valence-electron chi connectivity index (χ1n) is 5.49. The summed E-state index contributed by atoms with van der Waals surface area (Å²) < 4.78 is 14.0. The van der Waals surface area contributed by atoms with Gasteiger partial charge in [0.25, 0.3) is 5.91 Å². The van der Waals surface area contributed by atoms with Gasteiger partial charge in [-0.3, -0.25) is 9.59 Å². The van der Waals surface area contributed by atoms with Gasteiger partial charge in [-0.25, -0.2) is 4.39 Å². The molecule has 0 aromatic heterocycles. The van der Waals surface area contributed by atoms with Crippen molar-refractivity contribution in [2.75, 3.05) is 6.54 Å². The van der Waals surface area contributed by atoms with Crippen LogP contribution in [0.1, 0.15) is 24.2 Å². The number of amides is 2. The third-order valence-electron chi connectivity index (χ3n) is 2.26. The number of nitrogens with one attached hydrogen (secondary N) is 2. The van der Waals surface area contributed by atoms with Gasteiger partial charge >= 0.3 is 0 Å². The van der Waals surface area contributed by atoms with Crippen molar-refractivity contribution in [3.05, 3.63) is 34.1 Å². The summed E-state index contributed by atoms with van der Waals surface area (Å²) >= 11 is 3.16. The second-order valence-electron chi connectivity index (χ2n) is 3.71. The van der Waals surface area contributed by atoms with Crippen molar-refractivity contribution < 1.29 is 14.0 Å². The lowest BCUT2D eigenvalue weighted by molar-refractivity contribution is -0.122. The number of hydrogen-bond donors (Lipinski definition) is 2. The summed E-state index contributed by atoms with van der Waals surface area (Å²) in [4.78, 5) is 23.2. The van der Waals surface area contributed by atoms with Gasteiger partial charge in [-0.15, -0.1) is 0 Å². The predicted octanol–water partition coefficient (Wildman–Crippen LogP) is 1.84. The quantitative estimate of drug-likeness (QED) is 0.890. The van der Waals surface area contributed by atoms with Crippen LogP contribution in [0.3, 0.4) is 0 Å². The van der Waals surface area contributed by atoms with Gasteiger partial charge in [0.05, 0.1) is 5.56 Å². The first-order chi connectivity index (χ1) is 8.45. The second kappa shape index (κ2) is 6.49. The van der Waals surface area contributed by atoms with E-state index in [-0.39, 0.29) is 11.5 Å². The number of halogens is 2. The molecule has 0 aliphatic carbocycles. The normalized spacial score (nSPS) is 11.8. The van der Waals surface area contributed by atoms with E-state index in [0.717, 1.165) is 0 Å². The van der Waals surface area contributed by atoms with Gasteiger partial charge in [-0.05, 0) is 32.0 Å². The van der Waals surface area contributed by atoms with E-state index in [0.29, 0.717) is 11.0 Å². The van der Waals surface area contributed by atoms with E-state index in [4.69, 9.17) is 0 Å². The summed E-state index contributed by atoms with van der Waals surface area (Å²) in [7, 11) is 0. The smallest absolute Gasteiger partial charge is 0.254 e. The van der Waals surface area contributed by atoms with Gasteiger partial charge < -0.3 is 10.6 Å². The number of carbonyl (C=O) groups is 2. The monoisotopic (exact) mass is 316 g/mol. The van der Waals surface area contributed by atoms with Gasteiger partial charge in [-0.1, -0.05) is 15.9 Å². The topological polar surface area (TPSA) is 58.2 Å². The van der Waals surface area contributed by atoms with E-state index in [1.54, 1.807) is 13.8 Å². The first-order valence-corrected chi connectivity index (χ1v) is 6.28. The predicted molar refractivity (Wildman–Crippen MR) is 69.7 cm³/mol. The molecule has 6 heteroatoms. The van der Waals surface area contributed by atoms with Crippen LogP contribution in [-0.2, 0) is 4.79 Å². The lowest BCUT2D eigenvalue weighted by Crippen LogP contribution is -2.44. The third-order valence-corrected chi connectivity index (χ3v) is 2.76. The van der Waals surface area contributed by atoms with Crippen molar-refractivity contribution in [1.82, 2.24) is 10.6 Å². The fraction of sp³-hybridized carbons (Fsp3) is 0.333. The van der Waals surface area contributed by atoms with Crippen molar-refractivity contribution >= 4 is 27.7 Å². The van der Waals surface area contributed by atoms with Crippen LogP contribution < -0.4 is 10.6 Å².